The van der Waals surface area contributed by atoms with E-state index in [4.69, 9.17) is 26.4 Å². The molecule has 0 bridgehead atoms. The highest BCUT2D eigenvalue weighted by Crippen LogP contribution is 2.57. The average Bonchev–Trinajstić information content (AvgIpc) is 3.89. The van der Waals surface area contributed by atoms with Crippen LogP contribution in [0.3, 0.4) is 0 Å². The first-order chi connectivity index (χ1) is 22.8. The van der Waals surface area contributed by atoms with Crippen LogP contribution in [-0.2, 0) is 5.41 Å². The molecule has 2 unspecified atom stereocenters. The molecule has 3 saturated carbocycles. The number of halogens is 1. The van der Waals surface area contributed by atoms with Crippen LogP contribution in [0, 0.1) is 25.3 Å². The second kappa shape index (κ2) is 13.6. The van der Waals surface area contributed by atoms with E-state index in [9.17, 15) is 0 Å². The average molecular weight is 650 g/mol. The Morgan fingerprint density at radius 3 is 2.47 bits per heavy atom. The fraction of sp³-hybridized carbons (Fsp3) is 0.450. The van der Waals surface area contributed by atoms with Crippen molar-refractivity contribution in [2.75, 3.05) is 13.7 Å². The van der Waals surface area contributed by atoms with E-state index >= 15 is 0 Å². The van der Waals surface area contributed by atoms with E-state index in [1.165, 1.54) is 67.5 Å². The fourth-order valence-electron chi connectivity index (χ4n) is 6.50. The number of fused-ring (bicyclic) bond motifs is 2. The predicted octanol–water partition coefficient (Wildman–Crippen LogP) is 9.12. The van der Waals surface area contributed by atoms with Crippen molar-refractivity contribution in [2.24, 2.45) is 11.7 Å². The molecule has 0 aliphatic heterocycles. The zero-order valence-electron chi connectivity index (χ0n) is 28.5. The number of aromatic nitrogens is 3. The van der Waals surface area contributed by atoms with Gasteiger partial charge in [-0.2, -0.15) is 5.10 Å². The monoisotopic (exact) mass is 649 g/mol. The van der Waals surface area contributed by atoms with Gasteiger partial charge in [0.15, 0.2) is 0 Å². The number of aryl methyl sites for hydroxylation is 1. The van der Waals surface area contributed by atoms with E-state index in [2.05, 4.69) is 93.7 Å². The Labute approximate surface area is 285 Å². The van der Waals surface area contributed by atoms with Crippen molar-refractivity contribution in [3.05, 3.63) is 87.2 Å². The van der Waals surface area contributed by atoms with Gasteiger partial charge in [-0.15, -0.1) is 0 Å². The molecule has 3 heterocycles. The number of nitrogens with one attached hydrogen (secondary N) is 1. The molecule has 1 aromatic carbocycles. The van der Waals surface area contributed by atoms with Crippen LogP contribution in [0.15, 0.2) is 48.5 Å². The lowest BCUT2D eigenvalue weighted by Gasteiger charge is -2.20. The molecule has 0 spiro atoms. The number of methoxy groups -OCH3 is 1. The van der Waals surface area contributed by atoms with Gasteiger partial charge in [0, 0.05) is 57.4 Å². The summed E-state index contributed by atoms with van der Waals surface area (Å²) in [5.41, 5.74) is 16.3. The summed E-state index contributed by atoms with van der Waals surface area (Å²) in [6, 6.07) is 17.1. The standard InChI is InChI=1S/C35H39ClN4O.C3H6.C2H3N/c1-6-29(24-14-25-17-30(22-12-13-22)39-40(25)32(16-24)41-5)37-19-26(21-10-11-21)31-18-27-33(35(27,4)7-2)34(38-31)23-9-8-20(3)28(36)15-23;1-2-3-1;1-2-3/h6,8-9,14-18,21-22,26,37H,7,10-13,19H2,1-5H3;1-3H2;1H,3H2/b29-6+;;. The Morgan fingerprint density at radius 1 is 1.17 bits per heavy atom. The summed E-state index contributed by atoms with van der Waals surface area (Å²) in [7, 11) is 1.72. The molecule has 4 aliphatic carbocycles. The second-order valence-corrected chi connectivity index (χ2v) is 14.1. The van der Waals surface area contributed by atoms with Crippen LogP contribution in [0.25, 0.3) is 22.5 Å². The summed E-state index contributed by atoms with van der Waals surface area (Å²) in [5, 5.41) is 9.45. The van der Waals surface area contributed by atoms with Crippen LogP contribution >= 0.6 is 11.6 Å². The van der Waals surface area contributed by atoms with Crippen molar-refractivity contribution < 1.29 is 4.74 Å². The minimum Gasteiger partial charge on any atom is -0.481 e. The number of ether oxygens (including phenoxy) is 1. The summed E-state index contributed by atoms with van der Waals surface area (Å²) in [6.45, 7) is 9.63. The topological polar surface area (TPSA) is 77.5 Å². The van der Waals surface area contributed by atoms with E-state index in [1.54, 1.807) is 13.2 Å². The maximum atomic E-state index is 6.58. The van der Waals surface area contributed by atoms with E-state index in [-0.39, 0.29) is 5.41 Å². The van der Waals surface area contributed by atoms with Crippen LogP contribution in [0.1, 0.15) is 118 Å². The van der Waals surface area contributed by atoms with E-state index in [0.717, 1.165) is 57.5 Å². The molecule has 246 valence electrons. The molecule has 6 nitrogen and oxygen atoms in total. The highest BCUT2D eigenvalue weighted by Gasteiger charge is 2.49. The van der Waals surface area contributed by atoms with Crippen LogP contribution in [0.4, 0.5) is 0 Å². The Morgan fingerprint density at radius 2 is 1.89 bits per heavy atom. The van der Waals surface area contributed by atoms with Gasteiger partial charge in [0.25, 0.3) is 0 Å². The van der Waals surface area contributed by atoms with Gasteiger partial charge in [-0.25, -0.2) is 4.52 Å². The number of terminal acetylenes is 1. The molecule has 0 radical (unpaired) electrons. The lowest BCUT2D eigenvalue weighted by Crippen LogP contribution is -2.23. The molecular weight excluding hydrogens is 602 g/mol. The first-order valence-corrected chi connectivity index (χ1v) is 17.6. The largest absolute Gasteiger partial charge is 0.481 e. The first kappa shape index (κ1) is 33.0. The van der Waals surface area contributed by atoms with Crippen LogP contribution in [0.5, 0.6) is 5.88 Å². The third-order valence-corrected chi connectivity index (χ3v) is 10.5. The van der Waals surface area contributed by atoms with Gasteiger partial charge in [-0.1, -0.05) is 69.3 Å². The van der Waals surface area contributed by atoms with Crippen molar-refractivity contribution in [2.45, 2.75) is 96.3 Å². The van der Waals surface area contributed by atoms with Gasteiger partial charge < -0.3 is 15.8 Å². The number of rotatable bonds is 10. The van der Waals surface area contributed by atoms with Crippen LogP contribution < -0.4 is 15.8 Å². The van der Waals surface area contributed by atoms with Gasteiger partial charge in [0.1, 0.15) is 0 Å². The number of hydrogen-bond donors (Lipinski definition) is 2. The van der Waals surface area contributed by atoms with Crippen molar-refractivity contribution in [1.82, 2.24) is 19.9 Å². The number of nitrogens with two attached hydrogens (primary N) is 1. The minimum absolute atomic E-state index is 0.102. The highest BCUT2D eigenvalue weighted by molar-refractivity contribution is 6.31. The van der Waals surface area contributed by atoms with Gasteiger partial charge in [-0.3, -0.25) is 4.98 Å². The van der Waals surface area contributed by atoms with E-state index < -0.39 is 0 Å². The molecule has 2 atom stereocenters. The molecule has 3 N–H and O–H groups in total. The molecule has 0 saturated heterocycles. The predicted molar refractivity (Wildman–Crippen MR) is 194 cm³/mol. The van der Waals surface area contributed by atoms with E-state index in [1.807, 2.05) is 4.52 Å². The normalized spacial score (nSPS) is 19.7. The first-order valence-electron chi connectivity index (χ1n) is 17.2. The number of allylic oxidation sites excluding steroid dienone is 1. The molecule has 47 heavy (non-hydrogen) atoms. The van der Waals surface area contributed by atoms with E-state index in [0.29, 0.717) is 17.8 Å². The quantitative estimate of drug-likeness (QED) is 0.132. The highest BCUT2D eigenvalue weighted by atomic mass is 35.5. The third-order valence-electron chi connectivity index (χ3n) is 10.1. The zero-order valence-corrected chi connectivity index (χ0v) is 29.3. The van der Waals surface area contributed by atoms with Gasteiger partial charge in [0.2, 0.25) is 5.88 Å². The molecule has 3 aromatic heterocycles. The molecule has 0 amide bonds. The van der Waals surface area contributed by atoms with Gasteiger partial charge in [-0.05, 0) is 98.9 Å². The smallest absolute Gasteiger partial charge is 0.215 e. The summed E-state index contributed by atoms with van der Waals surface area (Å²) >= 11 is 6.58. The zero-order chi connectivity index (χ0) is 33.3. The summed E-state index contributed by atoms with van der Waals surface area (Å²) in [5.74, 6) is 2.36. The maximum Gasteiger partial charge on any atom is 0.215 e. The molecule has 7 heteroatoms. The molecular formula is C40H48ClN5O. The Hall–Kier alpha value is -3.95. The number of pyridine rings is 2. The minimum atomic E-state index is 0.102. The number of nitrogens with zero attached hydrogens (tertiary/aromatic N) is 3. The van der Waals surface area contributed by atoms with Crippen molar-refractivity contribution in [1.29, 1.82) is 0 Å². The fourth-order valence-corrected chi connectivity index (χ4v) is 6.68. The second-order valence-electron chi connectivity index (χ2n) is 13.7. The Bertz CT molecular complexity index is 1840. The summed E-state index contributed by atoms with van der Waals surface area (Å²) in [4.78, 5) is 5.39. The SMILES string of the molecule is C#CN.C/C=C(/NCC(c1cc2c(c(-c3ccc(C)c(Cl)c3)n1)C2(C)CC)C1CC1)c1cc(OC)n2nc(C3CC3)cc2c1.C1CC1. The van der Waals surface area contributed by atoms with Crippen molar-refractivity contribution in [3.63, 3.8) is 0 Å². The van der Waals surface area contributed by atoms with Crippen molar-refractivity contribution >= 4 is 22.8 Å². The third kappa shape index (κ3) is 7.02. The lowest BCUT2D eigenvalue weighted by atomic mass is 9.97. The summed E-state index contributed by atoms with van der Waals surface area (Å²) < 4.78 is 7.70. The van der Waals surface area contributed by atoms with Crippen molar-refractivity contribution in [3.8, 4) is 29.6 Å². The van der Waals surface area contributed by atoms with Crippen LogP contribution in [-0.4, -0.2) is 28.3 Å². The van der Waals surface area contributed by atoms with Crippen LogP contribution in [0.2, 0.25) is 5.02 Å². The summed E-state index contributed by atoms with van der Waals surface area (Å²) in [6.07, 6.45) is 17.1. The van der Waals surface area contributed by atoms with Gasteiger partial charge >= 0.3 is 0 Å². The van der Waals surface area contributed by atoms with Gasteiger partial charge in [0.05, 0.1) is 24.0 Å². The molecule has 3 fully saturated rings. The molecule has 8 rings (SSSR count). The Kier molecular flexibility index (Phi) is 9.58. The lowest BCUT2D eigenvalue weighted by molar-refractivity contribution is 0.385. The molecule has 4 aliphatic rings. The number of benzene rings is 1. The molecule has 4 aromatic rings. The number of hydrogen-bond acceptors (Lipinski definition) is 5. The Balaban J connectivity index is 0.000000590. The maximum absolute atomic E-state index is 6.58.